The van der Waals surface area contributed by atoms with Gasteiger partial charge in [-0.3, -0.25) is 14.4 Å². The zero-order chi connectivity index (χ0) is 22.6. The van der Waals surface area contributed by atoms with Gasteiger partial charge in [-0.15, -0.1) is 0 Å². The van der Waals surface area contributed by atoms with Gasteiger partial charge < -0.3 is 9.47 Å². The van der Waals surface area contributed by atoms with Crippen molar-refractivity contribution in [2.24, 2.45) is 5.92 Å². The van der Waals surface area contributed by atoms with Crippen LogP contribution in [0.3, 0.4) is 0 Å². The fourth-order valence-corrected chi connectivity index (χ4v) is 2.97. The Balaban J connectivity index is 2.57. The summed E-state index contributed by atoms with van der Waals surface area (Å²) in [5.74, 6) is -1.95. The number of hydrogen-bond donors (Lipinski definition) is 0. The van der Waals surface area contributed by atoms with Gasteiger partial charge >= 0.3 is 5.97 Å². The van der Waals surface area contributed by atoms with E-state index in [9.17, 15) is 14.4 Å². The molecule has 0 saturated heterocycles. The van der Waals surface area contributed by atoms with E-state index in [4.69, 9.17) is 9.47 Å². The highest BCUT2D eigenvalue weighted by molar-refractivity contribution is 6.17. The van der Waals surface area contributed by atoms with Gasteiger partial charge in [0.15, 0.2) is 17.5 Å². The maximum absolute atomic E-state index is 12.6. The Morgan fingerprint density at radius 1 is 0.833 bits per heavy atom. The number of ether oxygens (including phenoxy) is 2. The van der Waals surface area contributed by atoms with Crippen LogP contribution >= 0.6 is 0 Å². The molecule has 1 rings (SSSR count). The van der Waals surface area contributed by atoms with E-state index in [-0.39, 0.29) is 36.4 Å². The van der Waals surface area contributed by atoms with Crippen LogP contribution in [-0.4, -0.2) is 30.7 Å². The molecule has 1 aromatic rings. The topological polar surface area (TPSA) is 69.7 Å². The monoisotopic (exact) mass is 418 g/mol. The van der Waals surface area contributed by atoms with Crippen LogP contribution < -0.4 is 4.74 Å². The minimum absolute atomic E-state index is 0.0794. The van der Waals surface area contributed by atoms with E-state index in [1.165, 1.54) is 5.56 Å². The molecule has 0 aliphatic rings. The predicted molar refractivity (Wildman–Crippen MR) is 119 cm³/mol. The van der Waals surface area contributed by atoms with Gasteiger partial charge in [0.05, 0.1) is 13.2 Å². The maximum Gasteiger partial charge on any atom is 0.324 e. The number of ketones is 2. The summed E-state index contributed by atoms with van der Waals surface area (Å²) in [7, 11) is 0. The van der Waals surface area contributed by atoms with E-state index in [0.29, 0.717) is 19.4 Å². The molecule has 1 unspecified atom stereocenters. The van der Waals surface area contributed by atoms with Crippen LogP contribution in [0.1, 0.15) is 85.1 Å². The smallest absolute Gasteiger partial charge is 0.324 e. The molecule has 0 aliphatic carbocycles. The lowest BCUT2D eigenvalue weighted by molar-refractivity contribution is -0.155. The van der Waals surface area contributed by atoms with Gasteiger partial charge in [0.1, 0.15) is 5.75 Å². The quantitative estimate of drug-likeness (QED) is 0.229. The molecule has 0 radical (unpaired) electrons. The molecule has 5 nitrogen and oxygen atoms in total. The summed E-state index contributed by atoms with van der Waals surface area (Å²) < 4.78 is 10.9. The molecule has 0 aliphatic heterocycles. The second-order valence-electron chi connectivity index (χ2n) is 8.72. The molecule has 0 amide bonds. The number of carbonyl (C=O) groups excluding carboxylic acids is 3. The van der Waals surface area contributed by atoms with Gasteiger partial charge in [-0.25, -0.2) is 0 Å². The van der Waals surface area contributed by atoms with E-state index in [0.717, 1.165) is 25.0 Å². The average Bonchev–Trinajstić information content (AvgIpc) is 2.69. The molecule has 30 heavy (non-hydrogen) atoms. The van der Waals surface area contributed by atoms with Crippen molar-refractivity contribution in [2.45, 2.75) is 85.0 Å². The van der Waals surface area contributed by atoms with E-state index < -0.39 is 11.9 Å². The van der Waals surface area contributed by atoms with Crippen molar-refractivity contribution in [1.82, 2.24) is 0 Å². The Bertz CT molecular complexity index is 670. The molecule has 168 valence electrons. The van der Waals surface area contributed by atoms with Crippen LogP contribution in [0.15, 0.2) is 24.3 Å². The van der Waals surface area contributed by atoms with Crippen LogP contribution in [0.2, 0.25) is 0 Å². The first-order valence-corrected chi connectivity index (χ1v) is 11.2. The minimum atomic E-state index is -1.29. The summed E-state index contributed by atoms with van der Waals surface area (Å²) in [6.07, 6.45) is 3.89. The van der Waals surface area contributed by atoms with E-state index in [1.807, 2.05) is 38.1 Å². The Morgan fingerprint density at radius 2 is 1.40 bits per heavy atom. The highest BCUT2D eigenvalue weighted by Crippen LogP contribution is 2.24. The van der Waals surface area contributed by atoms with Crippen molar-refractivity contribution in [3.05, 3.63) is 29.8 Å². The Labute approximate surface area is 181 Å². The normalized spacial score (nSPS) is 12.3. The summed E-state index contributed by atoms with van der Waals surface area (Å²) >= 11 is 0. The number of benzene rings is 1. The third-order valence-corrected chi connectivity index (χ3v) is 4.96. The van der Waals surface area contributed by atoms with Gasteiger partial charge in [0.2, 0.25) is 0 Å². The molecule has 1 aromatic carbocycles. The largest absolute Gasteiger partial charge is 0.494 e. The number of hydrogen-bond acceptors (Lipinski definition) is 5. The van der Waals surface area contributed by atoms with Crippen molar-refractivity contribution < 1.29 is 23.9 Å². The van der Waals surface area contributed by atoms with E-state index in [1.54, 1.807) is 0 Å². The third-order valence-electron chi connectivity index (χ3n) is 4.96. The second kappa shape index (κ2) is 13.2. The molecule has 0 heterocycles. The summed E-state index contributed by atoms with van der Waals surface area (Å²) in [6, 6.07) is 7.92. The molecule has 5 heteroatoms. The van der Waals surface area contributed by atoms with Crippen molar-refractivity contribution >= 4 is 17.5 Å². The molecule has 0 spiro atoms. The van der Waals surface area contributed by atoms with Crippen molar-refractivity contribution in [3.8, 4) is 5.75 Å². The number of unbranched alkanes of at least 4 members (excludes halogenated alkanes) is 2. The number of rotatable bonds is 14. The molecular formula is C25H38O5. The second-order valence-corrected chi connectivity index (χ2v) is 8.72. The van der Waals surface area contributed by atoms with Crippen LogP contribution in [0.5, 0.6) is 5.75 Å². The summed E-state index contributed by atoms with van der Waals surface area (Å²) in [5, 5.41) is 0. The fourth-order valence-electron chi connectivity index (χ4n) is 2.97. The van der Waals surface area contributed by atoms with Crippen molar-refractivity contribution in [2.75, 3.05) is 13.2 Å². The van der Waals surface area contributed by atoms with Gasteiger partial charge in [-0.05, 0) is 42.4 Å². The lowest BCUT2D eigenvalue weighted by atomic mass is 9.87. The third kappa shape index (κ3) is 9.10. The summed E-state index contributed by atoms with van der Waals surface area (Å²) in [6.45, 7) is 11.0. The van der Waals surface area contributed by atoms with E-state index >= 15 is 0 Å². The summed E-state index contributed by atoms with van der Waals surface area (Å²) in [5.41, 5.74) is 1.30. The first kappa shape index (κ1) is 25.9. The van der Waals surface area contributed by atoms with Gasteiger partial charge in [-0.2, -0.15) is 0 Å². The molecule has 1 atom stereocenters. The average molecular weight is 419 g/mol. The predicted octanol–water partition coefficient (Wildman–Crippen LogP) is 5.43. The number of esters is 1. The van der Waals surface area contributed by atoms with Crippen LogP contribution in [0.4, 0.5) is 0 Å². The lowest BCUT2D eigenvalue weighted by Crippen LogP contribution is -2.33. The molecule has 0 aromatic heterocycles. The molecule has 0 bridgehead atoms. The van der Waals surface area contributed by atoms with Crippen LogP contribution in [0.25, 0.3) is 0 Å². The van der Waals surface area contributed by atoms with Crippen molar-refractivity contribution in [3.63, 3.8) is 0 Å². The standard InChI is InChI=1S/C25H38O5/c1-6-8-11-21(26)23(24(28)30-17-9-7-2)22(27)12-10-18-29-20-15-13-19(14-16-20)25(3,4)5/h13-16,23H,6-12,17-18H2,1-5H3. The zero-order valence-corrected chi connectivity index (χ0v) is 19.3. The fraction of sp³-hybridized carbons (Fsp3) is 0.640. The van der Waals surface area contributed by atoms with Crippen LogP contribution in [0, 0.1) is 5.92 Å². The van der Waals surface area contributed by atoms with Gasteiger partial charge in [0, 0.05) is 12.8 Å². The van der Waals surface area contributed by atoms with Gasteiger partial charge in [-0.1, -0.05) is 59.6 Å². The Kier molecular flexibility index (Phi) is 11.4. The first-order valence-electron chi connectivity index (χ1n) is 11.2. The Morgan fingerprint density at radius 3 is 1.93 bits per heavy atom. The molecule has 0 fully saturated rings. The SMILES string of the molecule is CCCCOC(=O)C(C(=O)CCCC)C(=O)CCCOc1ccc(C(C)(C)C)cc1. The molecule has 0 saturated carbocycles. The molecular weight excluding hydrogens is 380 g/mol. The first-order chi connectivity index (χ1) is 14.2. The lowest BCUT2D eigenvalue weighted by Gasteiger charge is -2.19. The zero-order valence-electron chi connectivity index (χ0n) is 19.3. The Hall–Kier alpha value is -2.17. The summed E-state index contributed by atoms with van der Waals surface area (Å²) in [4.78, 5) is 37.4. The van der Waals surface area contributed by atoms with E-state index in [2.05, 4.69) is 20.8 Å². The molecule has 0 N–H and O–H groups in total. The van der Waals surface area contributed by atoms with Crippen molar-refractivity contribution in [1.29, 1.82) is 0 Å². The highest BCUT2D eigenvalue weighted by Gasteiger charge is 2.33. The number of Topliss-reactive ketones (excluding diaryl/α,β-unsaturated/α-hetero) is 2. The van der Waals surface area contributed by atoms with Crippen LogP contribution in [-0.2, 0) is 24.5 Å². The minimum Gasteiger partial charge on any atom is -0.494 e. The van der Waals surface area contributed by atoms with Gasteiger partial charge in [0.25, 0.3) is 0 Å². The maximum atomic E-state index is 12.6. The number of carbonyl (C=O) groups is 3. The highest BCUT2D eigenvalue weighted by atomic mass is 16.5.